The lowest BCUT2D eigenvalue weighted by atomic mass is 9.96. The molecule has 0 unspecified atom stereocenters. The van der Waals surface area contributed by atoms with Crippen molar-refractivity contribution in [3.8, 4) is 34.0 Å². The highest BCUT2D eigenvalue weighted by atomic mass is 16.6. The molecule has 1 amide bonds. The van der Waals surface area contributed by atoms with Crippen LogP contribution in [0.25, 0.3) is 22.4 Å². The number of nitrogens with one attached hydrogen (secondary N) is 2. The van der Waals surface area contributed by atoms with Crippen LogP contribution in [0.5, 0.6) is 11.6 Å². The Hall–Kier alpha value is -4.72. The molecule has 0 bridgehead atoms. The standard InChI is InChI=1S/C40H48N2O6/c1-40(2,3)48-37(43)21-19-29-18-20-35(25-33(29)27-47-39(44)41-34-16-9-6-10-17-34)46-23-22-32-26-36(42-38(32)45-4)31-15-11-14-30(24-31)28-12-7-5-8-13-28/h5,7-8,11-15,18,20,24-26,34,42H,6,9-10,16-17,19,21-23,27H2,1-4H3,(H,41,44). The lowest BCUT2D eigenvalue weighted by Crippen LogP contribution is -2.36. The van der Waals surface area contributed by atoms with Crippen molar-refractivity contribution in [2.45, 2.75) is 90.4 Å². The van der Waals surface area contributed by atoms with Gasteiger partial charge in [-0.25, -0.2) is 4.79 Å². The molecular weight excluding hydrogens is 604 g/mol. The molecule has 0 spiro atoms. The van der Waals surface area contributed by atoms with Crippen LogP contribution >= 0.6 is 0 Å². The molecule has 0 aliphatic heterocycles. The third-order valence-corrected chi connectivity index (χ3v) is 8.47. The first-order valence-electron chi connectivity index (χ1n) is 17.0. The SMILES string of the molecule is COc1[nH]c(-c2cccc(-c3ccccc3)c2)cc1CCOc1ccc(CCC(=O)OC(C)(C)C)c(COC(=O)NC2CCCCC2)c1. The average Bonchev–Trinajstić information content (AvgIpc) is 3.50. The third kappa shape index (κ3) is 10.1. The minimum Gasteiger partial charge on any atom is -0.493 e. The van der Waals surface area contributed by atoms with Crippen molar-refractivity contribution < 1.29 is 28.5 Å². The third-order valence-electron chi connectivity index (χ3n) is 8.47. The van der Waals surface area contributed by atoms with Crippen LogP contribution < -0.4 is 14.8 Å². The summed E-state index contributed by atoms with van der Waals surface area (Å²) in [6.45, 7) is 6.06. The van der Waals surface area contributed by atoms with Crippen LogP contribution in [0.2, 0.25) is 0 Å². The number of aromatic nitrogens is 1. The predicted molar refractivity (Wildman–Crippen MR) is 188 cm³/mol. The van der Waals surface area contributed by atoms with E-state index in [0.717, 1.165) is 64.8 Å². The summed E-state index contributed by atoms with van der Waals surface area (Å²) in [5, 5.41) is 3.01. The first-order chi connectivity index (χ1) is 23.2. The van der Waals surface area contributed by atoms with Crippen molar-refractivity contribution in [1.29, 1.82) is 0 Å². The van der Waals surface area contributed by atoms with Gasteiger partial charge >= 0.3 is 12.1 Å². The number of H-pyrrole nitrogens is 1. The topological polar surface area (TPSA) is 98.9 Å². The van der Waals surface area contributed by atoms with Crippen LogP contribution in [0.15, 0.2) is 78.9 Å². The van der Waals surface area contributed by atoms with Gasteiger partial charge in [0.25, 0.3) is 0 Å². The molecule has 5 rings (SSSR count). The Balaban J connectivity index is 1.24. The van der Waals surface area contributed by atoms with E-state index in [9.17, 15) is 9.59 Å². The fraction of sp³-hybridized carbons (Fsp3) is 0.400. The highest BCUT2D eigenvalue weighted by Crippen LogP contribution is 2.30. The summed E-state index contributed by atoms with van der Waals surface area (Å²) < 4.78 is 23.0. The second kappa shape index (κ2) is 16.4. The number of aryl methyl sites for hydroxylation is 1. The number of alkyl carbamates (subject to hydrolysis) is 1. The molecule has 1 fully saturated rings. The Labute approximate surface area is 284 Å². The molecule has 254 valence electrons. The summed E-state index contributed by atoms with van der Waals surface area (Å²) in [5.41, 5.74) is 6.52. The van der Waals surface area contributed by atoms with Gasteiger partial charge in [0.2, 0.25) is 0 Å². The summed E-state index contributed by atoms with van der Waals surface area (Å²) in [4.78, 5) is 28.5. The molecule has 0 saturated heterocycles. The van der Waals surface area contributed by atoms with E-state index >= 15 is 0 Å². The Kier molecular flexibility index (Phi) is 11.8. The van der Waals surface area contributed by atoms with Crippen molar-refractivity contribution in [2.24, 2.45) is 0 Å². The van der Waals surface area contributed by atoms with Gasteiger partial charge < -0.3 is 29.2 Å². The van der Waals surface area contributed by atoms with Gasteiger partial charge in [0.15, 0.2) is 5.88 Å². The lowest BCUT2D eigenvalue weighted by molar-refractivity contribution is -0.154. The van der Waals surface area contributed by atoms with Crippen molar-refractivity contribution in [1.82, 2.24) is 10.3 Å². The minimum absolute atomic E-state index is 0.0798. The van der Waals surface area contributed by atoms with E-state index in [4.69, 9.17) is 18.9 Å². The molecule has 1 heterocycles. The van der Waals surface area contributed by atoms with Gasteiger partial charge in [0, 0.05) is 30.1 Å². The van der Waals surface area contributed by atoms with Crippen molar-refractivity contribution >= 4 is 12.1 Å². The van der Waals surface area contributed by atoms with Crippen LogP contribution in [0, 0.1) is 0 Å². The first kappa shape index (κ1) is 34.6. The van der Waals surface area contributed by atoms with Crippen LogP contribution in [0.4, 0.5) is 4.79 Å². The molecule has 1 aromatic heterocycles. The Bertz CT molecular complexity index is 1650. The van der Waals surface area contributed by atoms with Crippen LogP contribution in [0.1, 0.15) is 76.0 Å². The molecule has 3 aromatic carbocycles. The summed E-state index contributed by atoms with van der Waals surface area (Å²) in [6, 6.07) is 26.7. The fourth-order valence-electron chi connectivity index (χ4n) is 6.08. The van der Waals surface area contributed by atoms with Gasteiger partial charge in [0.1, 0.15) is 18.0 Å². The maximum atomic E-state index is 12.6. The van der Waals surface area contributed by atoms with Crippen LogP contribution in [-0.4, -0.2) is 42.4 Å². The number of esters is 1. The van der Waals surface area contributed by atoms with Gasteiger partial charge in [-0.3, -0.25) is 4.79 Å². The second-order valence-electron chi connectivity index (χ2n) is 13.4. The van der Waals surface area contributed by atoms with E-state index in [1.54, 1.807) is 7.11 Å². The second-order valence-corrected chi connectivity index (χ2v) is 13.4. The maximum absolute atomic E-state index is 12.6. The summed E-state index contributed by atoms with van der Waals surface area (Å²) in [5.74, 6) is 1.10. The van der Waals surface area contributed by atoms with Gasteiger partial charge in [-0.15, -0.1) is 0 Å². The predicted octanol–water partition coefficient (Wildman–Crippen LogP) is 8.81. The number of methoxy groups -OCH3 is 1. The van der Waals surface area contributed by atoms with E-state index in [2.05, 4.69) is 52.8 Å². The van der Waals surface area contributed by atoms with E-state index in [1.807, 2.05) is 57.2 Å². The molecule has 0 radical (unpaired) electrons. The van der Waals surface area contributed by atoms with Crippen molar-refractivity contribution in [3.05, 3.63) is 95.6 Å². The summed E-state index contributed by atoms with van der Waals surface area (Å²) >= 11 is 0. The van der Waals surface area contributed by atoms with E-state index in [-0.39, 0.29) is 25.0 Å². The molecule has 1 aliphatic rings. The molecule has 4 aromatic rings. The lowest BCUT2D eigenvalue weighted by Gasteiger charge is -2.22. The van der Waals surface area contributed by atoms with Gasteiger partial charge in [-0.05, 0) is 92.1 Å². The smallest absolute Gasteiger partial charge is 0.407 e. The molecule has 1 saturated carbocycles. The zero-order valence-corrected chi connectivity index (χ0v) is 28.6. The molecule has 1 aliphatic carbocycles. The molecule has 0 atom stereocenters. The molecular formula is C40H48N2O6. The number of aromatic amines is 1. The van der Waals surface area contributed by atoms with Crippen molar-refractivity contribution in [3.63, 3.8) is 0 Å². The average molecular weight is 653 g/mol. The summed E-state index contributed by atoms with van der Waals surface area (Å²) in [6.07, 6.45) is 6.30. The first-order valence-corrected chi connectivity index (χ1v) is 17.0. The Morgan fingerprint density at radius 1 is 0.812 bits per heavy atom. The normalized spacial score (nSPS) is 13.5. The van der Waals surface area contributed by atoms with E-state index in [1.165, 1.54) is 6.42 Å². The van der Waals surface area contributed by atoms with Crippen LogP contribution in [-0.2, 0) is 33.7 Å². The van der Waals surface area contributed by atoms with Crippen molar-refractivity contribution in [2.75, 3.05) is 13.7 Å². The van der Waals surface area contributed by atoms with Gasteiger partial charge in [-0.2, -0.15) is 0 Å². The maximum Gasteiger partial charge on any atom is 0.407 e. The quantitative estimate of drug-likeness (QED) is 0.140. The highest BCUT2D eigenvalue weighted by molar-refractivity contribution is 5.72. The number of carbonyl (C=O) groups is 2. The summed E-state index contributed by atoms with van der Waals surface area (Å²) in [7, 11) is 1.66. The molecule has 8 nitrogen and oxygen atoms in total. The number of rotatable bonds is 13. The number of amides is 1. The molecule has 48 heavy (non-hydrogen) atoms. The number of hydrogen-bond donors (Lipinski definition) is 2. The van der Waals surface area contributed by atoms with E-state index < -0.39 is 11.7 Å². The van der Waals surface area contributed by atoms with E-state index in [0.29, 0.717) is 31.1 Å². The minimum atomic E-state index is -0.549. The number of hydrogen-bond acceptors (Lipinski definition) is 6. The fourth-order valence-corrected chi connectivity index (χ4v) is 6.08. The number of carbonyl (C=O) groups excluding carboxylic acids is 2. The Morgan fingerprint density at radius 3 is 2.31 bits per heavy atom. The molecule has 8 heteroatoms. The molecule has 2 N–H and O–H groups in total. The number of ether oxygens (including phenoxy) is 4. The van der Waals surface area contributed by atoms with Gasteiger partial charge in [-0.1, -0.05) is 73.9 Å². The number of benzene rings is 3. The van der Waals surface area contributed by atoms with Gasteiger partial charge in [0.05, 0.1) is 13.7 Å². The zero-order chi connectivity index (χ0) is 33.9. The largest absolute Gasteiger partial charge is 0.493 e. The Morgan fingerprint density at radius 2 is 1.56 bits per heavy atom. The highest BCUT2D eigenvalue weighted by Gasteiger charge is 2.19. The zero-order valence-electron chi connectivity index (χ0n) is 28.6. The van der Waals surface area contributed by atoms with Crippen LogP contribution in [0.3, 0.4) is 0 Å². The monoisotopic (exact) mass is 652 g/mol.